The Morgan fingerprint density at radius 3 is 2.38 bits per heavy atom. The molecule has 0 saturated carbocycles. The van der Waals surface area contributed by atoms with Crippen molar-refractivity contribution in [1.82, 2.24) is 4.90 Å². The van der Waals surface area contributed by atoms with Crippen molar-refractivity contribution < 1.29 is 4.74 Å². The van der Waals surface area contributed by atoms with Crippen LogP contribution < -0.4 is 10.5 Å². The smallest absolute Gasteiger partial charge is 0.118 e. The third-order valence-electron chi connectivity index (χ3n) is 5.67. The molecule has 1 aromatic rings. The van der Waals surface area contributed by atoms with Crippen molar-refractivity contribution in [2.75, 3.05) is 14.2 Å². The van der Waals surface area contributed by atoms with E-state index in [0.717, 1.165) is 36.6 Å². The molecule has 1 aromatic carbocycles. The number of benzene rings is 1. The molecule has 2 heterocycles. The van der Waals surface area contributed by atoms with Gasteiger partial charge in [-0.05, 0) is 69.2 Å². The van der Waals surface area contributed by atoms with Crippen molar-refractivity contribution in [3.05, 3.63) is 29.8 Å². The first-order valence-electron chi connectivity index (χ1n) is 8.28. The summed E-state index contributed by atoms with van der Waals surface area (Å²) in [6, 6.07) is 10.3. The molecule has 2 bridgehead atoms. The second-order valence-electron chi connectivity index (χ2n) is 6.83. The molecule has 3 unspecified atom stereocenters. The Kier molecular flexibility index (Phi) is 4.51. The predicted molar refractivity (Wildman–Crippen MR) is 86.6 cm³/mol. The second kappa shape index (κ2) is 6.37. The quantitative estimate of drug-likeness (QED) is 0.905. The number of hydrogen-bond donors (Lipinski definition) is 1. The number of fused-ring (bicyclic) bond motifs is 2. The largest absolute Gasteiger partial charge is 0.497 e. The Morgan fingerprint density at radius 1 is 1.19 bits per heavy atom. The van der Waals surface area contributed by atoms with E-state index in [1.807, 2.05) is 12.1 Å². The second-order valence-corrected chi connectivity index (χ2v) is 6.83. The van der Waals surface area contributed by atoms with Gasteiger partial charge in [-0.15, -0.1) is 0 Å². The first-order chi connectivity index (χ1) is 10.2. The predicted octanol–water partition coefficient (Wildman–Crippen LogP) is 2.83. The molecule has 2 saturated heterocycles. The first kappa shape index (κ1) is 14.9. The molecule has 2 N–H and O–H groups in total. The summed E-state index contributed by atoms with van der Waals surface area (Å²) in [6.45, 7) is 0. The number of ether oxygens (including phenoxy) is 1. The van der Waals surface area contributed by atoms with Gasteiger partial charge in [-0.2, -0.15) is 0 Å². The average molecular weight is 288 g/mol. The highest BCUT2D eigenvalue weighted by atomic mass is 16.5. The van der Waals surface area contributed by atoms with E-state index in [4.69, 9.17) is 10.5 Å². The molecule has 2 fully saturated rings. The Balaban J connectivity index is 1.51. The maximum Gasteiger partial charge on any atom is 0.118 e. The van der Waals surface area contributed by atoms with Gasteiger partial charge in [-0.3, -0.25) is 0 Å². The van der Waals surface area contributed by atoms with E-state index in [-0.39, 0.29) is 0 Å². The number of rotatable bonds is 5. The Hall–Kier alpha value is -1.06. The molecule has 3 rings (SSSR count). The van der Waals surface area contributed by atoms with Gasteiger partial charge < -0.3 is 15.4 Å². The molecule has 2 aliphatic heterocycles. The number of hydrogen-bond acceptors (Lipinski definition) is 3. The van der Waals surface area contributed by atoms with E-state index in [1.165, 1.54) is 31.2 Å². The number of nitrogens with zero attached hydrogens (tertiary/aromatic N) is 1. The van der Waals surface area contributed by atoms with Crippen LogP contribution in [0.1, 0.15) is 37.7 Å². The van der Waals surface area contributed by atoms with Crippen LogP contribution in [-0.4, -0.2) is 37.2 Å². The van der Waals surface area contributed by atoms with Crippen LogP contribution in [0.15, 0.2) is 24.3 Å². The van der Waals surface area contributed by atoms with Crippen LogP contribution in [0.2, 0.25) is 0 Å². The molecule has 3 nitrogen and oxygen atoms in total. The average Bonchev–Trinajstić information content (AvgIpc) is 2.74. The van der Waals surface area contributed by atoms with Crippen LogP contribution in [0.25, 0.3) is 0 Å². The van der Waals surface area contributed by atoms with E-state index < -0.39 is 0 Å². The van der Waals surface area contributed by atoms with Gasteiger partial charge in [0.15, 0.2) is 0 Å². The van der Waals surface area contributed by atoms with Crippen molar-refractivity contribution in [1.29, 1.82) is 0 Å². The monoisotopic (exact) mass is 288 g/mol. The van der Waals surface area contributed by atoms with Gasteiger partial charge in [0.2, 0.25) is 0 Å². The standard InChI is InChI=1S/C18H28N2O/c1-20-15-6-7-16(20)12-14(11-15)18(19)10-5-13-3-8-17(21-2)9-4-13/h3-4,8-9,14-16,18H,5-7,10-12,19H2,1-2H3. The van der Waals surface area contributed by atoms with Crippen LogP contribution in [0.4, 0.5) is 0 Å². The van der Waals surface area contributed by atoms with E-state index >= 15 is 0 Å². The lowest BCUT2D eigenvalue weighted by Gasteiger charge is -2.38. The summed E-state index contributed by atoms with van der Waals surface area (Å²) in [6.07, 6.45) is 7.53. The fourth-order valence-electron chi connectivity index (χ4n) is 4.16. The summed E-state index contributed by atoms with van der Waals surface area (Å²) in [5.74, 6) is 1.65. The minimum Gasteiger partial charge on any atom is -0.497 e. The number of methoxy groups -OCH3 is 1. The van der Waals surface area contributed by atoms with E-state index in [1.54, 1.807) is 7.11 Å². The van der Waals surface area contributed by atoms with Gasteiger partial charge in [0, 0.05) is 18.1 Å². The molecular formula is C18H28N2O. The van der Waals surface area contributed by atoms with Gasteiger partial charge in [0.25, 0.3) is 0 Å². The Bertz CT molecular complexity index is 445. The van der Waals surface area contributed by atoms with Gasteiger partial charge in [0.1, 0.15) is 5.75 Å². The van der Waals surface area contributed by atoms with E-state index in [9.17, 15) is 0 Å². The van der Waals surface area contributed by atoms with Crippen molar-refractivity contribution in [3.8, 4) is 5.75 Å². The normalized spacial score (nSPS) is 30.3. The SMILES string of the molecule is COc1ccc(CCC(N)C2CC3CCC(C2)N3C)cc1. The zero-order valence-electron chi connectivity index (χ0n) is 13.3. The van der Waals surface area contributed by atoms with Crippen molar-refractivity contribution >= 4 is 0 Å². The number of piperidine rings is 1. The molecule has 0 amide bonds. The highest BCUT2D eigenvalue weighted by molar-refractivity contribution is 5.27. The van der Waals surface area contributed by atoms with Crippen molar-refractivity contribution in [2.24, 2.45) is 11.7 Å². The molecule has 0 aromatic heterocycles. The molecule has 2 aliphatic rings. The van der Waals surface area contributed by atoms with Crippen molar-refractivity contribution in [2.45, 2.75) is 56.7 Å². The summed E-state index contributed by atoms with van der Waals surface area (Å²) in [4.78, 5) is 2.59. The van der Waals surface area contributed by atoms with Crippen LogP contribution >= 0.6 is 0 Å². The van der Waals surface area contributed by atoms with Crippen molar-refractivity contribution in [3.63, 3.8) is 0 Å². The highest BCUT2D eigenvalue weighted by Crippen LogP contribution is 2.38. The summed E-state index contributed by atoms with van der Waals surface area (Å²) >= 11 is 0. The lowest BCUT2D eigenvalue weighted by Crippen LogP contribution is -2.45. The van der Waals surface area contributed by atoms with Gasteiger partial charge in [-0.1, -0.05) is 12.1 Å². The molecular weight excluding hydrogens is 260 g/mol. The molecule has 0 aliphatic carbocycles. The van der Waals surface area contributed by atoms with E-state index in [2.05, 4.69) is 24.1 Å². The molecule has 21 heavy (non-hydrogen) atoms. The number of nitrogens with two attached hydrogens (primary N) is 1. The maximum atomic E-state index is 6.51. The molecule has 3 heteroatoms. The van der Waals surface area contributed by atoms with Crippen LogP contribution in [0, 0.1) is 5.92 Å². The zero-order valence-corrected chi connectivity index (χ0v) is 13.3. The maximum absolute atomic E-state index is 6.51. The molecule has 3 atom stereocenters. The fraction of sp³-hybridized carbons (Fsp3) is 0.667. The summed E-state index contributed by atoms with van der Waals surface area (Å²) in [7, 11) is 4.00. The Morgan fingerprint density at radius 2 is 1.81 bits per heavy atom. The first-order valence-corrected chi connectivity index (χ1v) is 8.28. The highest BCUT2D eigenvalue weighted by Gasteiger charge is 2.39. The molecule has 0 spiro atoms. The molecule has 0 radical (unpaired) electrons. The molecule has 116 valence electrons. The van der Waals surface area contributed by atoms with Crippen LogP contribution in [0.5, 0.6) is 5.75 Å². The minimum absolute atomic E-state index is 0.351. The van der Waals surface area contributed by atoms with Gasteiger partial charge in [0.05, 0.1) is 7.11 Å². The van der Waals surface area contributed by atoms with Gasteiger partial charge >= 0.3 is 0 Å². The number of aryl methyl sites for hydroxylation is 1. The lowest BCUT2D eigenvalue weighted by molar-refractivity contribution is 0.119. The summed E-state index contributed by atoms with van der Waals surface area (Å²) in [5.41, 5.74) is 7.87. The van der Waals surface area contributed by atoms with Crippen LogP contribution in [0.3, 0.4) is 0 Å². The zero-order chi connectivity index (χ0) is 14.8. The Labute approximate surface area is 128 Å². The van der Waals surface area contributed by atoms with E-state index in [0.29, 0.717) is 6.04 Å². The topological polar surface area (TPSA) is 38.5 Å². The third kappa shape index (κ3) is 3.24. The minimum atomic E-state index is 0.351. The summed E-state index contributed by atoms with van der Waals surface area (Å²) in [5, 5.41) is 0. The van der Waals surface area contributed by atoms with Crippen LogP contribution in [-0.2, 0) is 6.42 Å². The van der Waals surface area contributed by atoms with Gasteiger partial charge in [-0.25, -0.2) is 0 Å². The third-order valence-corrected chi connectivity index (χ3v) is 5.67. The fourth-order valence-corrected chi connectivity index (χ4v) is 4.16. The summed E-state index contributed by atoms with van der Waals surface area (Å²) < 4.78 is 5.20. The lowest BCUT2D eigenvalue weighted by atomic mass is 9.83.